The molecule has 26 heavy (non-hydrogen) atoms. The van der Waals surface area contributed by atoms with Gasteiger partial charge in [-0.15, -0.1) is 0 Å². The molecule has 1 aliphatic heterocycles. The topological polar surface area (TPSA) is 85.0 Å². The van der Waals surface area contributed by atoms with E-state index >= 15 is 0 Å². The molecule has 6 heteroatoms. The van der Waals surface area contributed by atoms with Crippen molar-refractivity contribution < 1.29 is 14.4 Å². The Labute approximate surface area is 152 Å². The summed E-state index contributed by atoms with van der Waals surface area (Å²) < 4.78 is 0. The fourth-order valence-electron chi connectivity index (χ4n) is 3.22. The van der Waals surface area contributed by atoms with Crippen LogP contribution in [0.25, 0.3) is 11.1 Å². The maximum atomic E-state index is 12.8. The van der Waals surface area contributed by atoms with E-state index in [0.717, 1.165) is 11.1 Å². The average Bonchev–Trinajstić information content (AvgIpc) is 3.06. The number of nitrogens with zero attached hydrogens (tertiary/aromatic N) is 2. The first-order valence-corrected chi connectivity index (χ1v) is 8.36. The van der Waals surface area contributed by atoms with Gasteiger partial charge < -0.3 is 15.5 Å². The van der Waals surface area contributed by atoms with Crippen molar-refractivity contribution in [1.29, 1.82) is 0 Å². The van der Waals surface area contributed by atoms with E-state index in [1.54, 1.807) is 12.1 Å². The summed E-state index contributed by atoms with van der Waals surface area (Å²) in [6, 6.07) is 14.7. The number of amides is 2. The van der Waals surface area contributed by atoms with Gasteiger partial charge in [0.2, 0.25) is 5.91 Å². The van der Waals surface area contributed by atoms with Crippen LogP contribution in [0.1, 0.15) is 22.3 Å². The van der Waals surface area contributed by atoms with Gasteiger partial charge in [-0.3, -0.25) is 9.59 Å². The van der Waals surface area contributed by atoms with Crippen molar-refractivity contribution in [3.8, 4) is 11.1 Å². The highest BCUT2D eigenvalue weighted by molar-refractivity contribution is 6.05. The average molecular weight is 351 g/mol. The first-order chi connectivity index (χ1) is 12.5. The molecule has 0 aliphatic carbocycles. The summed E-state index contributed by atoms with van der Waals surface area (Å²) in [6.07, 6.45) is 0.302. The van der Waals surface area contributed by atoms with Crippen LogP contribution in [-0.4, -0.2) is 42.1 Å². The maximum absolute atomic E-state index is 12.8. The Morgan fingerprint density at radius 2 is 1.85 bits per heavy atom. The molecule has 0 unspecified atom stereocenters. The molecule has 1 fully saturated rings. The van der Waals surface area contributed by atoms with E-state index < -0.39 is 11.9 Å². The van der Waals surface area contributed by atoms with E-state index in [0.29, 0.717) is 17.7 Å². The molecule has 0 saturated carbocycles. The molecule has 2 aromatic carbocycles. The van der Waals surface area contributed by atoms with Crippen LogP contribution in [0.2, 0.25) is 0 Å². The summed E-state index contributed by atoms with van der Waals surface area (Å²) >= 11 is 0. The highest BCUT2D eigenvalue weighted by Crippen LogP contribution is 2.25. The minimum absolute atomic E-state index is 0.236. The lowest BCUT2D eigenvalue weighted by Crippen LogP contribution is -2.43. The van der Waals surface area contributed by atoms with Crippen molar-refractivity contribution in [3.63, 3.8) is 0 Å². The number of rotatable bonds is 4. The summed E-state index contributed by atoms with van der Waals surface area (Å²) in [5.74, 6) is -0.789. The number of hydrogen-bond acceptors (Lipinski definition) is 4. The fourth-order valence-corrected chi connectivity index (χ4v) is 3.22. The van der Waals surface area contributed by atoms with Crippen molar-refractivity contribution in [1.82, 2.24) is 4.90 Å². The Hall–Kier alpha value is -3.15. The van der Waals surface area contributed by atoms with Crippen LogP contribution < -0.4 is 5.73 Å². The molecule has 0 bridgehead atoms. The monoisotopic (exact) mass is 351 g/mol. The zero-order chi connectivity index (χ0) is 18.7. The van der Waals surface area contributed by atoms with E-state index in [-0.39, 0.29) is 12.5 Å². The number of carbonyl (C=O) groups is 2. The smallest absolute Gasteiger partial charge is 0.254 e. The number of primary amides is 1. The molecular weight excluding hydrogens is 330 g/mol. The lowest BCUT2D eigenvalue weighted by Gasteiger charge is -2.21. The Morgan fingerprint density at radius 1 is 1.15 bits per heavy atom. The molecule has 6 nitrogen and oxygen atoms in total. The quantitative estimate of drug-likeness (QED) is 0.858. The molecular formula is C20H21N3O3. The molecule has 1 atom stereocenters. The summed E-state index contributed by atoms with van der Waals surface area (Å²) in [7, 11) is 1.43. The zero-order valence-electron chi connectivity index (χ0n) is 14.8. The molecule has 0 aromatic heterocycles. The van der Waals surface area contributed by atoms with E-state index in [2.05, 4.69) is 5.16 Å². The number of nitrogens with two attached hydrogens (primary N) is 1. The molecule has 1 heterocycles. The Kier molecular flexibility index (Phi) is 5.02. The predicted octanol–water partition coefficient (Wildman–Crippen LogP) is 2.36. The van der Waals surface area contributed by atoms with E-state index in [9.17, 15) is 9.59 Å². The second kappa shape index (κ2) is 7.39. The largest absolute Gasteiger partial charge is 0.399 e. The van der Waals surface area contributed by atoms with Gasteiger partial charge in [-0.2, -0.15) is 0 Å². The number of aryl methyl sites for hydroxylation is 1. The van der Waals surface area contributed by atoms with E-state index in [1.807, 2.05) is 43.3 Å². The van der Waals surface area contributed by atoms with E-state index in [4.69, 9.17) is 10.6 Å². The van der Waals surface area contributed by atoms with Crippen molar-refractivity contribution in [2.24, 2.45) is 10.9 Å². The molecule has 3 rings (SSSR count). The summed E-state index contributed by atoms with van der Waals surface area (Å²) in [4.78, 5) is 30.8. The fraction of sp³-hybridized carbons (Fsp3) is 0.250. The van der Waals surface area contributed by atoms with Crippen LogP contribution in [0, 0.1) is 6.92 Å². The van der Waals surface area contributed by atoms with Crippen LogP contribution in [0.4, 0.5) is 0 Å². The van der Waals surface area contributed by atoms with Crippen molar-refractivity contribution in [2.75, 3.05) is 13.7 Å². The van der Waals surface area contributed by atoms with E-state index in [1.165, 1.54) is 17.6 Å². The molecule has 1 saturated heterocycles. The molecule has 2 aromatic rings. The molecule has 134 valence electrons. The van der Waals surface area contributed by atoms with Crippen LogP contribution >= 0.6 is 0 Å². The van der Waals surface area contributed by atoms with Gasteiger partial charge in [0, 0.05) is 12.0 Å². The molecule has 0 radical (unpaired) electrons. The van der Waals surface area contributed by atoms with Gasteiger partial charge in [0.05, 0.1) is 12.3 Å². The van der Waals surface area contributed by atoms with Gasteiger partial charge in [0.15, 0.2) is 0 Å². The summed E-state index contributed by atoms with van der Waals surface area (Å²) in [5, 5.41) is 3.86. The predicted molar refractivity (Wildman–Crippen MR) is 99.7 cm³/mol. The molecule has 2 amide bonds. The number of likely N-dealkylation sites (tertiary alicyclic amines) is 1. The first kappa shape index (κ1) is 17.7. The second-order valence-corrected chi connectivity index (χ2v) is 6.29. The van der Waals surface area contributed by atoms with Crippen LogP contribution in [0.5, 0.6) is 0 Å². The van der Waals surface area contributed by atoms with Crippen molar-refractivity contribution in [3.05, 3.63) is 59.7 Å². The van der Waals surface area contributed by atoms with Crippen LogP contribution in [-0.2, 0) is 9.63 Å². The summed E-state index contributed by atoms with van der Waals surface area (Å²) in [5.41, 5.74) is 9.91. The SMILES string of the molecule is CO/N=C1\C[C@@H](C(N)=O)N(C(=O)c2ccc(-c3ccccc3C)cc2)C1. The number of carbonyl (C=O) groups excluding carboxylic acids is 2. The molecule has 0 spiro atoms. The third kappa shape index (κ3) is 3.44. The zero-order valence-corrected chi connectivity index (χ0v) is 14.8. The molecule has 2 N–H and O–H groups in total. The lowest BCUT2D eigenvalue weighted by molar-refractivity contribution is -0.121. The maximum Gasteiger partial charge on any atom is 0.254 e. The number of benzene rings is 2. The van der Waals surface area contributed by atoms with Crippen molar-refractivity contribution in [2.45, 2.75) is 19.4 Å². The van der Waals surface area contributed by atoms with Gasteiger partial charge in [0.25, 0.3) is 5.91 Å². The third-order valence-corrected chi connectivity index (χ3v) is 4.56. The van der Waals surface area contributed by atoms with Crippen LogP contribution in [0.3, 0.4) is 0 Å². The number of oxime groups is 1. The van der Waals surface area contributed by atoms with Crippen LogP contribution in [0.15, 0.2) is 53.7 Å². The number of hydrogen-bond donors (Lipinski definition) is 1. The highest BCUT2D eigenvalue weighted by Gasteiger charge is 2.37. The Bertz CT molecular complexity index is 859. The van der Waals surface area contributed by atoms with Gasteiger partial charge >= 0.3 is 0 Å². The lowest BCUT2D eigenvalue weighted by atomic mass is 9.99. The Balaban J connectivity index is 1.85. The Morgan fingerprint density at radius 3 is 2.46 bits per heavy atom. The minimum atomic E-state index is -0.701. The molecule has 1 aliphatic rings. The van der Waals surface area contributed by atoms with Gasteiger partial charge in [-0.1, -0.05) is 41.6 Å². The first-order valence-electron chi connectivity index (χ1n) is 8.36. The summed E-state index contributed by atoms with van der Waals surface area (Å²) in [6.45, 7) is 2.28. The minimum Gasteiger partial charge on any atom is -0.399 e. The highest BCUT2D eigenvalue weighted by atomic mass is 16.6. The van der Waals surface area contributed by atoms with Gasteiger partial charge in [-0.05, 0) is 35.7 Å². The normalized spacial score (nSPS) is 18.2. The third-order valence-electron chi connectivity index (χ3n) is 4.56. The van der Waals surface area contributed by atoms with Gasteiger partial charge in [0.1, 0.15) is 13.2 Å². The second-order valence-electron chi connectivity index (χ2n) is 6.29. The van der Waals surface area contributed by atoms with Gasteiger partial charge in [-0.25, -0.2) is 0 Å². The van der Waals surface area contributed by atoms with Crippen molar-refractivity contribution >= 4 is 17.5 Å². The standard InChI is InChI=1S/C20H21N3O3/c1-13-5-3-4-6-17(13)14-7-9-15(10-8-14)20(25)23-12-16(22-26-2)11-18(23)19(21)24/h3-10,18H,11-12H2,1-2H3,(H2,21,24)/b22-16+/t18-/m0/s1.